The highest BCUT2D eigenvalue weighted by atomic mass is 16.8. The summed E-state index contributed by atoms with van der Waals surface area (Å²) in [4.78, 5) is 23.9. The van der Waals surface area contributed by atoms with Crippen LogP contribution in [-0.2, 0) is 28.5 Å². The fourth-order valence-corrected chi connectivity index (χ4v) is 3.80. The van der Waals surface area contributed by atoms with Crippen molar-refractivity contribution in [3.8, 4) is 0 Å². The van der Waals surface area contributed by atoms with E-state index in [1.54, 1.807) is 0 Å². The molecule has 15 nitrogen and oxygen atoms in total. The molecule has 2 rings (SSSR count). The summed E-state index contributed by atoms with van der Waals surface area (Å²) in [7, 11) is 0. The number of carbonyl (C=O) groups excluding carboxylic acids is 2. The molecule has 0 aromatic heterocycles. The maximum Gasteiger partial charge on any atom is 0.212 e. The van der Waals surface area contributed by atoms with Gasteiger partial charge in [0, 0.05) is 12.8 Å². The Kier molecular flexibility index (Phi) is 9.48. The minimum Gasteiger partial charge on any atom is -0.544 e. The van der Waals surface area contributed by atoms with Crippen LogP contribution >= 0.6 is 0 Å². The van der Waals surface area contributed by atoms with Crippen LogP contribution in [0, 0.1) is 0 Å². The maximum absolute atomic E-state index is 12.0. The van der Waals surface area contributed by atoms with Gasteiger partial charge >= 0.3 is 0 Å². The Morgan fingerprint density at radius 3 is 1.94 bits per heavy atom. The van der Waals surface area contributed by atoms with E-state index in [1.165, 1.54) is 0 Å². The van der Waals surface area contributed by atoms with Crippen LogP contribution in [0.25, 0.3) is 0 Å². The zero-order valence-corrected chi connectivity index (χ0v) is 17.8. The molecule has 0 bridgehead atoms. The fourth-order valence-electron chi connectivity index (χ4n) is 3.80. The molecule has 15 heteroatoms. The molecule has 2 aliphatic heterocycles. The molecule has 10 atom stereocenters. The summed E-state index contributed by atoms with van der Waals surface area (Å²) in [5.41, 5.74) is 0. The van der Waals surface area contributed by atoms with E-state index in [-0.39, 0.29) is 0 Å². The number of ether oxygens (including phenoxy) is 4. The molecule has 2 fully saturated rings. The lowest BCUT2D eigenvalue weighted by molar-refractivity contribution is -0.417. The molecule has 0 aromatic carbocycles. The number of aliphatic hydroxyl groups is 7. The van der Waals surface area contributed by atoms with Crippen LogP contribution in [-0.4, -0.2) is 128 Å². The van der Waals surface area contributed by atoms with Gasteiger partial charge in [-0.15, -0.1) is 6.58 Å². The summed E-state index contributed by atoms with van der Waals surface area (Å²) in [6.07, 6.45) is -16.0. The molecule has 0 aliphatic carbocycles. The van der Waals surface area contributed by atoms with Gasteiger partial charge in [-0.05, 0) is 0 Å². The number of hydrogen-bond acceptors (Lipinski definition) is 15. The Morgan fingerprint density at radius 1 is 0.971 bits per heavy atom. The van der Waals surface area contributed by atoms with Gasteiger partial charge in [0.15, 0.2) is 0 Å². The lowest BCUT2D eigenvalue weighted by Crippen LogP contribution is -2.70. The first-order chi connectivity index (χ1) is 15.9. The molecule has 0 spiro atoms. The van der Waals surface area contributed by atoms with Crippen molar-refractivity contribution in [1.29, 1.82) is 0 Å². The highest BCUT2D eigenvalue weighted by Crippen LogP contribution is 2.39. The van der Waals surface area contributed by atoms with Crippen molar-refractivity contribution in [3.05, 3.63) is 12.7 Å². The third kappa shape index (κ3) is 5.55. The molecule has 0 radical (unpaired) electrons. The van der Waals surface area contributed by atoms with Crippen molar-refractivity contribution in [1.82, 2.24) is 0 Å². The lowest BCUT2D eigenvalue weighted by Gasteiger charge is -2.52. The molecule has 0 aromatic rings. The van der Waals surface area contributed by atoms with Gasteiger partial charge in [0.1, 0.15) is 48.6 Å². The SMILES string of the molecule is C=CCO[C@]1(C(=O)[O-])C[C@@H](O[C@]2(C(=O)[O-])C[C@@H](O)[C@@H](O)[C@@H]([C@H](O)CO)O2)[C@@H](O)[C@@H]([C@H](O)CO)O1. The van der Waals surface area contributed by atoms with E-state index in [0.29, 0.717) is 0 Å². The average molecular weight is 496 g/mol. The van der Waals surface area contributed by atoms with E-state index in [0.717, 1.165) is 6.08 Å². The van der Waals surface area contributed by atoms with Crippen molar-refractivity contribution in [3.63, 3.8) is 0 Å². The van der Waals surface area contributed by atoms with Crippen molar-refractivity contribution in [2.24, 2.45) is 0 Å². The second-order valence-electron chi connectivity index (χ2n) is 7.96. The molecule has 0 unspecified atom stereocenters. The Bertz CT molecular complexity index is 732. The Morgan fingerprint density at radius 2 is 1.47 bits per heavy atom. The fraction of sp³-hybridized carbons (Fsp3) is 0.789. The van der Waals surface area contributed by atoms with E-state index in [1.807, 2.05) is 0 Å². The second-order valence-corrected chi connectivity index (χ2v) is 7.96. The second kappa shape index (κ2) is 11.3. The molecule has 2 aliphatic rings. The monoisotopic (exact) mass is 496 g/mol. The van der Waals surface area contributed by atoms with Gasteiger partial charge in [-0.25, -0.2) is 0 Å². The predicted molar refractivity (Wildman–Crippen MR) is 99.7 cm³/mol. The Labute approximate surface area is 193 Å². The number of carboxylic acids is 2. The zero-order valence-electron chi connectivity index (χ0n) is 17.8. The predicted octanol–water partition coefficient (Wildman–Crippen LogP) is -7.17. The van der Waals surface area contributed by atoms with Crippen LogP contribution in [0.1, 0.15) is 12.8 Å². The largest absolute Gasteiger partial charge is 0.544 e. The van der Waals surface area contributed by atoms with Gasteiger partial charge in [0.25, 0.3) is 0 Å². The first-order valence-electron chi connectivity index (χ1n) is 10.2. The van der Waals surface area contributed by atoms with Crippen molar-refractivity contribution < 1.29 is 74.5 Å². The summed E-state index contributed by atoms with van der Waals surface area (Å²) in [5, 5.41) is 93.2. The van der Waals surface area contributed by atoms with Crippen molar-refractivity contribution in [2.45, 2.75) is 73.2 Å². The Balaban J connectivity index is 2.48. The van der Waals surface area contributed by atoms with E-state index in [4.69, 9.17) is 24.1 Å². The van der Waals surface area contributed by atoms with Gasteiger partial charge in [-0.2, -0.15) is 0 Å². The van der Waals surface area contributed by atoms with Gasteiger partial charge in [0.05, 0.1) is 32.0 Å². The number of aliphatic hydroxyl groups excluding tert-OH is 7. The smallest absolute Gasteiger partial charge is 0.212 e. The minimum absolute atomic E-state index is 0.434. The summed E-state index contributed by atoms with van der Waals surface area (Å²) < 4.78 is 20.9. The molecular formula is C19H28O15-2. The molecule has 2 saturated heterocycles. The molecule has 7 N–H and O–H groups in total. The van der Waals surface area contributed by atoms with Gasteiger partial charge < -0.3 is 74.5 Å². The van der Waals surface area contributed by atoms with Crippen molar-refractivity contribution in [2.75, 3.05) is 19.8 Å². The molecule has 2 heterocycles. The summed E-state index contributed by atoms with van der Waals surface area (Å²) >= 11 is 0. The van der Waals surface area contributed by atoms with E-state index in [9.17, 15) is 50.4 Å². The van der Waals surface area contributed by atoms with E-state index >= 15 is 0 Å². The first-order valence-corrected chi connectivity index (χ1v) is 10.2. The number of rotatable bonds is 11. The zero-order chi connectivity index (χ0) is 25.8. The van der Waals surface area contributed by atoms with Crippen molar-refractivity contribution >= 4 is 11.9 Å². The topological polar surface area (TPSA) is 259 Å². The Hall–Kier alpha value is -1.76. The van der Waals surface area contributed by atoms with Crippen LogP contribution in [0.3, 0.4) is 0 Å². The van der Waals surface area contributed by atoms with Gasteiger partial charge in [0.2, 0.25) is 11.6 Å². The third-order valence-corrected chi connectivity index (χ3v) is 5.58. The van der Waals surface area contributed by atoms with Gasteiger partial charge in [-0.3, -0.25) is 0 Å². The lowest BCUT2D eigenvalue weighted by atomic mass is 9.90. The van der Waals surface area contributed by atoms with Crippen LogP contribution in [0.15, 0.2) is 12.7 Å². The van der Waals surface area contributed by atoms with E-state index < -0.39 is 105 Å². The van der Waals surface area contributed by atoms with Crippen LogP contribution in [0.5, 0.6) is 0 Å². The number of aliphatic carboxylic acids is 2. The molecular weight excluding hydrogens is 468 g/mol. The number of carbonyl (C=O) groups is 2. The molecule has 0 saturated carbocycles. The normalized spacial score (nSPS) is 40.3. The van der Waals surface area contributed by atoms with Crippen LogP contribution in [0.4, 0.5) is 0 Å². The summed E-state index contributed by atoms with van der Waals surface area (Å²) in [6.45, 7) is 0.891. The number of carboxylic acid groups (broad SMARTS) is 2. The quantitative estimate of drug-likeness (QED) is 0.131. The average Bonchev–Trinajstić information content (AvgIpc) is 2.80. The molecule has 0 amide bonds. The van der Waals surface area contributed by atoms with Crippen LogP contribution < -0.4 is 10.2 Å². The van der Waals surface area contributed by atoms with Gasteiger partial charge in [-0.1, -0.05) is 6.08 Å². The van der Waals surface area contributed by atoms with E-state index in [2.05, 4.69) is 6.58 Å². The highest BCUT2D eigenvalue weighted by Gasteiger charge is 2.57. The molecule has 196 valence electrons. The standard InChI is InChI=1S/C19H30O15/c1-2-3-31-18(16(27)28)5-11(13(26)15(33-18)10(24)7-21)32-19(17(29)30)4-8(22)12(25)14(34-19)9(23)6-20/h2,8-15,20-26H,1,3-7H2,(H,27,28)(H,29,30)/p-2/t8-,9-,10-,11-,12-,13-,14-,15-,18-,19-/m1/s1. The third-order valence-electron chi connectivity index (χ3n) is 5.58. The highest BCUT2D eigenvalue weighted by molar-refractivity contribution is 5.75. The minimum atomic E-state index is -2.98. The number of hydrogen-bond donors (Lipinski definition) is 7. The first kappa shape index (κ1) is 28.5. The van der Waals surface area contributed by atoms with Crippen LogP contribution in [0.2, 0.25) is 0 Å². The maximum atomic E-state index is 12.0. The summed E-state index contributed by atoms with van der Waals surface area (Å²) in [6, 6.07) is 0. The molecule has 34 heavy (non-hydrogen) atoms. The summed E-state index contributed by atoms with van der Waals surface area (Å²) in [5.74, 6) is -9.84.